The lowest BCUT2D eigenvalue weighted by Crippen LogP contribution is -2.30. The number of rotatable bonds is 0. The zero-order chi connectivity index (χ0) is 18.8. The highest BCUT2D eigenvalue weighted by atomic mass is 16.5. The van der Waals surface area contributed by atoms with Crippen molar-refractivity contribution in [1.29, 1.82) is 0 Å². The molecule has 1 aliphatic rings. The Morgan fingerprint density at radius 1 is 1.19 bits per heavy atom. The minimum absolute atomic E-state index is 0.0860. The van der Waals surface area contributed by atoms with Gasteiger partial charge in [-0.3, -0.25) is 9.36 Å². The van der Waals surface area contributed by atoms with Crippen molar-refractivity contribution < 1.29 is 14.3 Å². The van der Waals surface area contributed by atoms with Crippen LogP contribution in [0.25, 0.3) is 11.2 Å². The molecule has 3 heterocycles. The quantitative estimate of drug-likeness (QED) is 0.507. The van der Waals surface area contributed by atoms with Gasteiger partial charge < -0.3 is 25.5 Å². The van der Waals surface area contributed by atoms with Crippen LogP contribution < -0.4 is 26.2 Å². The Labute approximate surface area is 153 Å². The number of H-pyrrole nitrogens is 1. The number of imidazole rings is 1. The van der Waals surface area contributed by atoms with E-state index in [0.29, 0.717) is 36.5 Å². The molecule has 4 rings (SSSR count). The van der Waals surface area contributed by atoms with E-state index in [-0.39, 0.29) is 36.6 Å². The third-order valence-electron chi connectivity index (χ3n) is 4.11. The monoisotopic (exact) mass is 370 g/mol. The minimum Gasteiger partial charge on any atom is -0.484 e. The first kappa shape index (κ1) is 16.9. The molecular formula is C17H18N6O4. The van der Waals surface area contributed by atoms with E-state index in [2.05, 4.69) is 20.3 Å². The van der Waals surface area contributed by atoms with E-state index in [1.807, 2.05) is 6.07 Å². The third-order valence-corrected chi connectivity index (χ3v) is 4.11. The van der Waals surface area contributed by atoms with Gasteiger partial charge in [-0.05, 0) is 24.1 Å². The van der Waals surface area contributed by atoms with Crippen LogP contribution in [0.5, 0.6) is 11.8 Å². The molecule has 0 saturated carbocycles. The highest BCUT2D eigenvalue weighted by Crippen LogP contribution is 2.20. The zero-order valence-electron chi connectivity index (χ0n) is 14.4. The molecule has 1 aliphatic heterocycles. The summed E-state index contributed by atoms with van der Waals surface area (Å²) in [6.45, 7) is 0.879. The average molecular weight is 370 g/mol. The number of carbonyl (C=O) groups excluding carboxylic acids is 1. The normalized spacial score (nSPS) is 15.2. The summed E-state index contributed by atoms with van der Waals surface area (Å²) in [4.78, 5) is 35.3. The van der Waals surface area contributed by atoms with Gasteiger partial charge in [0.05, 0.1) is 13.2 Å². The minimum atomic E-state index is -0.352. The van der Waals surface area contributed by atoms with Crippen LogP contribution in [0, 0.1) is 0 Å². The smallest absolute Gasteiger partial charge is 0.328 e. The Balaban J connectivity index is 1.77. The maximum absolute atomic E-state index is 12.4. The number of aromatic nitrogens is 4. The summed E-state index contributed by atoms with van der Waals surface area (Å²) in [6.07, 6.45) is 0.558. The second-order valence-electron chi connectivity index (χ2n) is 6.09. The van der Waals surface area contributed by atoms with Crippen molar-refractivity contribution in [2.24, 2.45) is 0 Å². The number of nitrogens with one attached hydrogen (secondary N) is 2. The second-order valence-corrected chi connectivity index (χ2v) is 6.09. The number of anilines is 1. The van der Waals surface area contributed by atoms with Gasteiger partial charge in [0, 0.05) is 6.54 Å². The topological polar surface area (TPSA) is 137 Å². The zero-order valence-corrected chi connectivity index (χ0v) is 14.4. The van der Waals surface area contributed by atoms with Crippen LogP contribution in [-0.2, 0) is 11.3 Å². The number of hydrogen-bond acceptors (Lipinski definition) is 7. The highest BCUT2D eigenvalue weighted by molar-refractivity contribution is 5.82. The Morgan fingerprint density at radius 2 is 2.07 bits per heavy atom. The molecule has 0 unspecified atom stereocenters. The van der Waals surface area contributed by atoms with Crippen molar-refractivity contribution in [3.05, 3.63) is 40.3 Å². The molecule has 0 aliphatic carbocycles. The van der Waals surface area contributed by atoms with E-state index in [1.54, 1.807) is 18.2 Å². The van der Waals surface area contributed by atoms with Crippen LogP contribution in [0.15, 0.2) is 29.1 Å². The summed E-state index contributed by atoms with van der Waals surface area (Å²) in [5, 5.41) is 2.75. The molecule has 27 heavy (non-hydrogen) atoms. The van der Waals surface area contributed by atoms with Crippen molar-refractivity contribution in [2.75, 3.05) is 25.5 Å². The maximum atomic E-state index is 12.4. The number of nitrogens with zero attached hydrogens (tertiary/aromatic N) is 3. The van der Waals surface area contributed by atoms with Crippen LogP contribution >= 0.6 is 0 Å². The molecular weight excluding hydrogens is 352 g/mol. The Morgan fingerprint density at radius 3 is 2.96 bits per heavy atom. The van der Waals surface area contributed by atoms with Gasteiger partial charge in [0.25, 0.3) is 5.91 Å². The Bertz CT molecular complexity index is 1060. The first-order valence-electron chi connectivity index (χ1n) is 8.47. The molecule has 10 nitrogen and oxygen atoms in total. The predicted molar refractivity (Wildman–Crippen MR) is 96.7 cm³/mol. The van der Waals surface area contributed by atoms with Gasteiger partial charge >= 0.3 is 11.7 Å². The lowest BCUT2D eigenvalue weighted by atomic mass is 10.2. The standard InChI is InChI=1S/C17H18N6O4/c18-14-13-15-22-16(21-14)26-6-2-5-19-12(24)9-27-11-4-1-3-10(7-11)8-23(15)17(25)20-13/h1,3-4,7H,2,5-6,8-9H2,(H,19,24)(H,20,25)(H2,18,21,22). The Kier molecular flexibility index (Phi) is 4.37. The number of benzene rings is 1. The lowest BCUT2D eigenvalue weighted by Gasteiger charge is -2.11. The predicted octanol–water partition coefficient (Wildman–Crippen LogP) is 0.0276. The van der Waals surface area contributed by atoms with E-state index in [9.17, 15) is 9.59 Å². The number of amides is 1. The fourth-order valence-electron chi connectivity index (χ4n) is 2.82. The fourth-order valence-corrected chi connectivity index (χ4v) is 2.82. The molecule has 0 radical (unpaired) electrons. The lowest BCUT2D eigenvalue weighted by molar-refractivity contribution is -0.123. The van der Waals surface area contributed by atoms with Crippen LogP contribution in [-0.4, -0.2) is 45.2 Å². The van der Waals surface area contributed by atoms with Crippen molar-refractivity contribution in [2.45, 2.75) is 13.0 Å². The van der Waals surface area contributed by atoms with Crippen molar-refractivity contribution in [3.63, 3.8) is 0 Å². The van der Waals surface area contributed by atoms with Gasteiger partial charge in [-0.25, -0.2) is 4.79 Å². The van der Waals surface area contributed by atoms with Gasteiger partial charge in [-0.1, -0.05) is 12.1 Å². The molecule has 1 amide bonds. The molecule has 140 valence electrons. The molecule has 0 fully saturated rings. The van der Waals surface area contributed by atoms with Crippen LogP contribution in [0.3, 0.4) is 0 Å². The maximum Gasteiger partial charge on any atom is 0.328 e. The number of ether oxygens (including phenoxy) is 2. The molecule has 4 N–H and O–H groups in total. The molecule has 0 saturated heterocycles. The molecule has 2 aromatic heterocycles. The van der Waals surface area contributed by atoms with E-state index in [0.717, 1.165) is 5.56 Å². The highest BCUT2D eigenvalue weighted by Gasteiger charge is 2.15. The molecule has 4 bridgehead atoms. The summed E-state index contributed by atoms with van der Waals surface area (Å²) >= 11 is 0. The molecule has 0 spiro atoms. The van der Waals surface area contributed by atoms with Gasteiger partial charge in [-0.2, -0.15) is 9.97 Å². The summed E-state index contributed by atoms with van der Waals surface area (Å²) in [5.41, 5.74) is 7.14. The summed E-state index contributed by atoms with van der Waals surface area (Å²) in [5.74, 6) is 0.455. The van der Waals surface area contributed by atoms with Crippen LogP contribution in [0.2, 0.25) is 0 Å². The van der Waals surface area contributed by atoms with Gasteiger partial charge in [-0.15, -0.1) is 0 Å². The van der Waals surface area contributed by atoms with Crippen molar-refractivity contribution in [3.8, 4) is 11.8 Å². The molecule has 0 atom stereocenters. The van der Waals surface area contributed by atoms with Crippen LogP contribution in [0.4, 0.5) is 5.82 Å². The van der Waals surface area contributed by atoms with E-state index < -0.39 is 0 Å². The summed E-state index contributed by atoms with van der Waals surface area (Å²) in [6, 6.07) is 7.26. The molecule has 1 aromatic carbocycles. The summed E-state index contributed by atoms with van der Waals surface area (Å²) < 4.78 is 12.5. The van der Waals surface area contributed by atoms with Gasteiger partial charge in [0.15, 0.2) is 18.1 Å². The number of nitrogen functional groups attached to an aromatic ring is 1. The van der Waals surface area contributed by atoms with Crippen molar-refractivity contribution in [1.82, 2.24) is 24.8 Å². The molecule has 10 heteroatoms. The number of aromatic amines is 1. The van der Waals surface area contributed by atoms with E-state index in [4.69, 9.17) is 15.2 Å². The fraction of sp³-hybridized carbons (Fsp3) is 0.294. The van der Waals surface area contributed by atoms with E-state index >= 15 is 0 Å². The summed E-state index contributed by atoms with van der Waals surface area (Å²) in [7, 11) is 0. The molecule has 3 aromatic rings. The van der Waals surface area contributed by atoms with E-state index in [1.165, 1.54) is 4.57 Å². The third kappa shape index (κ3) is 3.54. The number of carbonyl (C=O) groups is 1. The van der Waals surface area contributed by atoms with Crippen molar-refractivity contribution >= 4 is 22.9 Å². The SMILES string of the molecule is Nc1nc2nc3c1[nH]c(=O)n3Cc1cccc(c1)OCC(=O)NCCCO2. The van der Waals surface area contributed by atoms with Crippen LogP contribution in [0.1, 0.15) is 12.0 Å². The number of hydrogen-bond donors (Lipinski definition) is 3. The van der Waals surface area contributed by atoms with Gasteiger partial charge in [0.1, 0.15) is 11.3 Å². The average Bonchev–Trinajstić information content (AvgIpc) is 2.96. The number of fused-ring (bicyclic) bond motifs is 3. The first-order chi connectivity index (χ1) is 13.1. The Hall–Kier alpha value is -3.56. The number of nitrogens with two attached hydrogens (primary N) is 1. The first-order valence-corrected chi connectivity index (χ1v) is 8.47. The van der Waals surface area contributed by atoms with Gasteiger partial charge in [0.2, 0.25) is 0 Å². The second kappa shape index (κ2) is 6.98. The largest absolute Gasteiger partial charge is 0.484 e.